The maximum atomic E-state index is 13.2. The van der Waals surface area contributed by atoms with Gasteiger partial charge in [0.05, 0.1) is 19.3 Å². The first-order valence-corrected chi connectivity index (χ1v) is 8.59. The third kappa shape index (κ3) is 6.09. The highest BCUT2D eigenvalue weighted by Crippen LogP contribution is 2.23. The maximum Gasteiger partial charge on any atom is 0.158 e. The Bertz CT molecular complexity index is 608. The number of hydrogen-bond donors (Lipinski definition) is 0. The second-order valence-corrected chi connectivity index (χ2v) is 5.96. The highest BCUT2D eigenvalue weighted by molar-refractivity contribution is 5.87. The Morgan fingerprint density at radius 2 is 1.40 bits per heavy atom. The van der Waals surface area contributed by atoms with Crippen molar-refractivity contribution < 1.29 is 14.3 Å². The van der Waals surface area contributed by atoms with Crippen molar-refractivity contribution in [2.75, 3.05) is 40.5 Å². The van der Waals surface area contributed by atoms with E-state index >= 15 is 0 Å². The van der Waals surface area contributed by atoms with Gasteiger partial charge in [-0.05, 0) is 11.1 Å². The molecule has 0 aromatic heterocycles. The number of hydrogen-bond acceptors (Lipinski definition) is 4. The lowest BCUT2D eigenvalue weighted by Gasteiger charge is -2.31. The largest absolute Gasteiger partial charge is 0.383 e. The standard InChI is InChI=1S/C21H27NO3/c1-24-15-13-22(14-16-25-2)21(19-11-7-4-8-12-19)20(23)17-18-9-5-3-6-10-18/h3-12,21H,13-17H2,1-2H3/t21-/m1/s1. The van der Waals surface area contributed by atoms with Crippen molar-refractivity contribution in [3.8, 4) is 0 Å². The molecule has 0 fully saturated rings. The molecule has 2 aromatic carbocycles. The van der Waals surface area contributed by atoms with Crippen molar-refractivity contribution >= 4 is 5.78 Å². The van der Waals surface area contributed by atoms with Crippen LogP contribution in [0.1, 0.15) is 17.2 Å². The van der Waals surface area contributed by atoms with Crippen LogP contribution in [0.3, 0.4) is 0 Å². The van der Waals surface area contributed by atoms with Crippen LogP contribution >= 0.6 is 0 Å². The Kier molecular flexibility index (Phi) is 8.32. The smallest absolute Gasteiger partial charge is 0.158 e. The quantitative estimate of drug-likeness (QED) is 0.629. The SMILES string of the molecule is COCCN(CCOC)[C@@H](C(=O)Cc1ccccc1)c1ccccc1. The molecular formula is C21H27NO3. The lowest BCUT2D eigenvalue weighted by molar-refractivity contribution is -0.124. The first-order chi connectivity index (χ1) is 12.3. The van der Waals surface area contributed by atoms with Crippen molar-refractivity contribution in [1.29, 1.82) is 0 Å². The second kappa shape index (κ2) is 10.8. The van der Waals surface area contributed by atoms with E-state index in [0.717, 1.165) is 11.1 Å². The highest BCUT2D eigenvalue weighted by atomic mass is 16.5. The molecule has 0 radical (unpaired) electrons. The van der Waals surface area contributed by atoms with Gasteiger partial charge in [0.2, 0.25) is 0 Å². The van der Waals surface area contributed by atoms with Crippen LogP contribution in [0, 0.1) is 0 Å². The number of methoxy groups -OCH3 is 2. The first kappa shape index (κ1) is 19.3. The number of benzene rings is 2. The van der Waals surface area contributed by atoms with E-state index in [1.54, 1.807) is 14.2 Å². The monoisotopic (exact) mass is 341 g/mol. The zero-order chi connectivity index (χ0) is 17.9. The molecule has 0 spiro atoms. The molecule has 25 heavy (non-hydrogen) atoms. The lowest BCUT2D eigenvalue weighted by atomic mass is 9.96. The number of carbonyl (C=O) groups excluding carboxylic acids is 1. The zero-order valence-corrected chi connectivity index (χ0v) is 15.1. The van der Waals surface area contributed by atoms with E-state index in [0.29, 0.717) is 32.7 Å². The molecule has 0 bridgehead atoms. The molecule has 0 saturated heterocycles. The maximum absolute atomic E-state index is 13.2. The Labute approximate surface area is 150 Å². The number of nitrogens with zero attached hydrogens (tertiary/aromatic N) is 1. The van der Waals surface area contributed by atoms with E-state index in [9.17, 15) is 4.79 Å². The van der Waals surface area contributed by atoms with Crippen molar-refractivity contribution in [2.24, 2.45) is 0 Å². The van der Waals surface area contributed by atoms with Crippen LogP contribution < -0.4 is 0 Å². The molecule has 0 aliphatic rings. The number of Topliss-reactive ketones (excluding diaryl/α,β-unsaturated/α-hetero) is 1. The minimum absolute atomic E-state index is 0.185. The molecule has 0 amide bonds. The summed E-state index contributed by atoms with van der Waals surface area (Å²) in [5, 5.41) is 0. The van der Waals surface area contributed by atoms with E-state index in [4.69, 9.17) is 9.47 Å². The van der Waals surface area contributed by atoms with Gasteiger partial charge in [-0.15, -0.1) is 0 Å². The summed E-state index contributed by atoms with van der Waals surface area (Å²) in [6.45, 7) is 2.51. The Balaban J connectivity index is 2.25. The minimum atomic E-state index is -0.299. The first-order valence-electron chi connectivity index (χ1n) is 8.59. The van der Waals surface area contributed by atoms with Crippen LogP contribution in [0.25, 0.3) is 0 Å². The topological polar surface area (TPSA) is 38.8 Å². The summed E-state index contributed by atoms with van der Waals surface area (Å²) < 4.78 is 10.5. The van der Waals surface area contributed by atoms with Gasteiger partial charge < -0.3 is 9.47 Å². The van der Waals surface area contributed by atoms with Gasteiger partial charge in [0.15, 0.2) is 5.78 Å². The molecular weight excluding hydrogens is 314 g/mol. The van der Waals surface area contributed by atoms with Crippen molar-refractivity contribution in [2.45, 2.75) is 12.5 Å². The van der Waals surface area contributed by atoms with E-state index in [1.807, 2.05) is 60.7 Å². The van der Waals surface area contributed by atoms with Gasteiger partial charge in [0.25, 0.3) is 0 Å². The highest BCUT2D eigenvalue weighted by Gasteiger charge is 2.27. The number of ketones is 1. The molecule has 1 atom stereocenters. The van der Waals surface area contributed by atoms with Gasteiger partial charge in [-0.25, -0.2) is 0 Å². The van der Waals surface area contributed by atoms with Crippen LogP contribution in [-0.4, -0.2) is 51.2 Å². The summed E-state index contributed by atoms with van der Waals surface area (Å²) >= 11 is 0. The summed E-state index contributed by atoms with van der Waals surface area (Å²) in [6.07, 6.45) is 0.414. The van der Waals surface area contributed by atoms with Crippen LogP contribution in [0.5, 0.6) is 0 Å². The molecule has 0 aliphatic heterocycles. The van der Waals surface area contributed by atoms with Crippen molar-refractivity contribution in [1.82, 2.24) is 4.90 Å². The van der Waals surface area contributed by atoms with E-state index < -0.39 is 0 Å². The fourth-order valence-electron chi connectivity index (χ4n) is 2.92. The summed E-state index contributed by atoms with van der Waals surface area (Å²) in [5.74, 6) is 0.185. The fraction of sp³-hybridized carbons (Fsp3) is 0.381. The van der Waals surface area contributed by atoms with Gasteiger partial charge in [-0.3, -0.25) is 9.69 Å². The predicted molar refractivity (Wildman–Crippen MR) is 99.7 cm³/mol. The van der Waals surface area contributed by atoms with Crippen LogP contribution in [0.15, 0.2) is 60.7 Å². The van der Waals surface area contributed by atoms with Crippen molar-refractivity contribution in [3.63, 3.8) is 0 Å². The Hall–Kier alpha value is -2.01. The molecule has 0 N–H and O–H groups in total. The molecule has 0 unspecified atom stereocenters. The Morgan fingerprint density at radius 3 is 1.92 bits per heavy atom. The van der Waals surface area contributed by atoms with Crippen LogP contribution in [-0.2, 0) is 20.7 Å². The van der Waals surface area contributed by atoms with E-state index in [-0.39, 0.29) is 11.8 Å². The fourth-order valence-corrected chi connectivity index (χ4v) is 2.92. The Morgan fingerprint density at radius 1 is 0.880 bits per heavy atom. The average Bonchev–Trinajstić information content (AvgIpc) is 2.65. The molecule has 0 heterocycles. The summed E-state index contributed by atoms with van der Waals surface area (Å²) in [5.41, 5.74) is 2.04. The van der Waals surface area contributed by atoms with E-state index in [1.165, 1.54) is 0 Å². The summed E-state index contributed by atoms with van der Waals surface area (Å²) in [7, 11) is 3.36. The van der Waals surface area contributed by atoms with Gasteiger partial charge in [0.1, 0.15) is 0 Å². The van der Waals surface area contributed by atoms with Crippen LogP contribution in [0.2, 0.25) is 0 Å². The van der Waals surface area contributed by atoms with E-state index in [2.05, 4.69) is 4.90 Å². The normalized spacial score (nSPS) is 12.3. The lowest BCUT2D eigenvalue weighted by Crippen LogP contribution is -2.39. The zero-order valence-electron chi connectivity index (χ0n) is 15.1. The van der Waals surface area contributed by atoms with Gasteiger partial charge in [-0.1, -0.05) is 60.7 Å². The molecule has 0 saturated carbocycles. The predicted octanol–water partition coefficient (Wildman–Crippen LogP) is 3.13. The number of ether oxygens (including phenoxy) is 2. The van der Waals surface area contributed by atoms with Gasteiger partial charge in [0, 0.05) is 33.7 Å². The average molecular weight is 341 g/mol. The number of rotatable bonds is 11. The molecule has 4 heteroatoms. The summed E-state index contributed by atoms with van der Waals surface area (Å²) in [4.78, 5) is 15.3. The molecule has 2 rings (SSSR count). The summed E-state index contributed by atoms with van der Waals surface area (Å²) in [6, 6.07) is 19.5. The van der Waals surface area contributed by atoms with Gasteiger partial charge in [-0.2, -0.15) is 0 Å². The second-order valence-electron chi connectivity index (χ2n) is 5.96. The van der Waals surface area contributed by atoms with Crippen LogP contribution in [0.4, 0.5) is 0 Å². The minimum Gasteiger partial charge on any atom is -0.383 e. The number of carbonyl (C=O) groups is 1. The third-order valence-corrected chi connectivity index (χ3v) is 4.17. The van der Waals surface area contributed by atoms with Gasteiger partial charge >= 0.3 is 0 Å². The molecule has 2 aromatic rings. The third-order valence-electron chi connectivity index (χ3n) is 4.17. The van der Waals surface area contributed by atoms with Crippen molar-refractivity contribution in [3.05, 3.63) is 71.8 Å². The molecule has 4 nitrogen and oxygen atoms in total. The molecule has 134 valence electrons. The molecule has 0 aliphatic carbocycles.